The maximum atomic E-state index is 14.6. The van der Waals surface area contributed by atoms with Gasteiger partial charge in [0.25, 0.3) is 0 Å². The second kappa shape index (κ2) is 11.1. The number of morpholine rings is 1. The van der Waals surface area contributed by atoms with Crippen LogP contribution in [0.5, 0.6) is 5.75 Å². The van der Waals surface area contributed by atoms with Crippen LogP contribution in [0.4, 0.5) is 10.3 Å². The molecular formula is C26H32ClFN4O3. The van der Waals surface area contributed by atoms with Crippen LogP contribution < -0.4 is 9.64 Å². The minimum atomic E-state index is -0.384. The van der Waals surface area contributed by atoms with E-state index in [2.05, 4.69) is 14.9 Å². The van der Waals surface area contributed by atoms with Gasteiger partial charge in [-0.15, -0.1) is 0 Å². The van der Waals surface area contributed by atoms with Gasteiger partial charge in [-0.2, -0.15) is 0 Å². The van der Waals surface area contributed by atoms with Gasteiger partial charge < -0.3 is 19.3 Å². The first kappa shape index (κ1) is 24.3. The van der Waals surface area contributed by atoms with Crippen LogP contribution in [0.3, 0.4) is 0 Å². The summed E-state index contributed by atoms with van der Waals surface area (Å²) in [5.74, 6) is 3.03. The highest BCUT2D eigenvalue weighted by Crippen LogP contribution is 2.49. The van der Waals surface area contributed by atoms with Crippen molar-refractivity contribution in [3.8, 4) is 5.75 Å². The minimum absolute atomic E-state index is 0.0628. The fraction of sp³-hybridized carbons (Fsp3) is 0.577. The number of nitrogens with zero attached hydrogens (tertiary/aromatic N) is 4. The molecule has 3 aliphatic rings. The van der Waals surface area contributed by atoms with Gasteiger partial charge in [-0.25, -0.2) is 14.4 Å². The molecule has 188 valence electrons. The fourth-order valence-electron chi connectivity index (χ4n) is 5.35. The summed E-state index contributed by atoms with van der Waals surface area (Å²) in [5, 5.41) is 0.559. The SMILES string of the molecule is O=C(Cc1ccc(OCC[C@@H]2CC2C2CCN(c3ncc(Cl)cn3)CC2)cc1F)N1CCOCC1. The van der Waals surface area contributed by atoms with Crippen LogP contribution in [0.2, 0.25) is 5.02 Å². The maximum Gasteiger partial charge on any atom is 0.227 e. The molecule has 35 heavy (non-hydrogen) atoms. The van der Waals surface area contributed by atoms with Crippen LogP contribution in [-0.2, 0) is 16.0 Å². The Balaban J connectivity index is 1.02. The second-order valence-electron chi connectivity index (χ2n) is 9.75. The number of benzene rings is 1. The monoisotopic (exact) mass is 502 g/mol. The predicted molar refractivity (Wildman–Crippen MR) is 131 cm³/mol. The van der Waals surface area contributed by atoms with Crippen molar-refractivity contribution in [3.63, 3.8) is 0 Å². The van der Waals surface area contributed by atoms with Crippen LogP contribution in [-0.4, -0.2) is 66.8 Å². The number of aromatic nitrogens is 2. The van der Waals surface area contributed by atoms with E-state index < -0.39 is 0 Å². The Hall–Kier alpha value is -2.45. The Bertz CT molecular complexity index is 1010. The molecule has 1 aliphatic carbocycles. The average Bonchev–Trinajstić information content (AvgIpc) is 3.66. The van der Waals surface area contributed by atoms with Crippen molar-refractivity contribution in [3.05, 3.63) is 47.0 Å². The third-order valence-corrected chi connectivity index (χ3v) is 7.69. The highest BCUT2D eigenvalue weighted by Gasteiger charge is 2.43. The number of piperidine rings is 1. The van der Waals surface area contributed by atoms with E-state index in [4.69, 9.17) is 21.1 Å². The molecule has 0 N–H and O–H groups in total. The van der Waals surface area contributed by atoms with Gasteiger partial charge in [0.2, 0.25) is 11.9 Å². The molecule has 3 fully saturated rings. The van der Waals surface area contributed by atoms with E-state index in [0.29, 0.717) is 55.2 Å². The second-order valence-corrected chi connectivity index (χ2v) is 10.2. The highest BCUT2D eigenvalue weighted by molar-refractivity contribution is 6.30. The van der Waals surface area contributed by atoms with Crippen LogP contribution in [0.15, 0.2) is 30.6 Å². The number of anilines is 1. The Morgan fingerprint density at radius 3 is 2.60 bits per heavy atom. The zero-order valence-corrected chi connectivity index (χ0v) is 20.6. The minimum Gasteiger partial charge on any atom is -0.493 e. The van der Waals surface area contributed by atoms with Crippen LogP contribution in [0.25, 0.3) is 0 Å². The van der Waals surface area contributed by atoms with Gasteiger partial charge in [-0.3, -0.25) is 4.79 Å². The number of halogens is 2. The molecule has 1 unspecified atom stereocenters. The first-order valence-electron chi connectivity index (χ1n) is 12.6. The molecule has 2 saturated heterocycles. The first-order valence-corrected chi connectivity index (χ1v) is 12.9. The molecule has 2 atom stereocenters. The van der Waals surface area contributed by atoms with Crippen LogP contribution in [0.1, 0.15) is 31.2 Å². The summed E-state index contributed by atoms with van der Waals surface area (Å²) in [6.07, 6.45) is 7.92. The van der Waals surface area contributed by atoms with Crippen molar-refractivity contribution in [1.82, 2.24) is 14.9 Å². The maximum absolute atomic E-state index is 14.6. The number of rotatable bonds is 8. The third-order valence-electron chi connectivity index (χ3n) is 7.50. The molecule has 1 aromatic carbocycles. The van der Waals surface area contributed by atoms with Gasteiger partial charge in [0, 0.05) is 32.2 Å². The van der Waals surface area contributed by atoms with Gasteiger partial charge in [0.1, 0.15) is 11.6 Å². The Morgan fingerprint density at radius 1 is 1.14 bits per heavy atom. The highest BCUT2D eigenvalue weighted by atomic mass is 35.5. The Kier molecular flexibility index (Phi) is 7.68. The van der Waals surface area contributed by atoms with Crippen molar-refractivity contribution >= 4 is 23.5 Å². The molecule has 7 nitrogen and oxygen atoms in total. The number of amides is 1. The van der Waals surface area contributed by atoms with Crippen molar-refractivity contribution in [2.45, 2.75) is 32.1 Å². The van der Waals surface area contributed by atoms with E-state index in [0.717, 1.165) is 50.1 Å². The smallest absolute Gasteiger partial charge is 0.227 e. The number of carbonyl (C=O) groups is 1. The zero-order chi connectivity index (χ0) is 24.2. The molecule has 5 rings (SSSR count). The summed E-state index contributed by atoms with van der Waals surface area (Å²) in [4.78, 5) is 25.0. The number of carbonyl (C=O) groups excluding carboxylic acids is 1. The van der Waals surface area contributed by atoms with Crippen molar-refractivity contribution in [2.24, 2.45) is 17.8 Å². The molecule has 1 amide bonds. The van der Waals surface area contributed by atoms with Gasteiger partial charge in [-0.1, -0.05) is 17.7 Å². The molecule has 9 heteroatoms. The summed E-state index contributed by atoms with van der Waals surface area (Å²) in [5.41, 5.74) is 0.409. The summed E-state index contributed by atoms with van der Waals surface area (Å²) in [6, 6.07) is 4.84. The lowest BCUT2D eigenvalue weighted by Crippen LogP contribution is -2.41. The largest absolute Gasteiger partial charge is 0.493 e. The van der Waals surface area contributed by atoms with Crippen molar-refractivity contribution in [1.29, 1.82) is 0 Å². The normalized spacial score (nSPS) is 22.8. The molecule has 3 heterocycles. The van der Waals surface area contributed by atoms with E-state index in [-0.39, 0.29) is 18.1 Å². The number of ether oxygens (including phenoxy) is 2. The molecule has 0 bridgehead atoms. The quantitative estimate of drug-likeness (QED) is 0.543. The van der Waals surface area contributed by atoms with Gasteiger partial charge in [-0.05, 0) is 55.1 Å². The summed E-state index contributed by atoms with van der Waals surface area (Å²) in [6.45, 7) is 4.77. The molecule has 2 aromatic rings. The first-order chi connectivity index (χ1) is 17.1. The number of hydrogen-bond acceptors (Lipinski definition) is 6. The lowest BCUT2D eigenvalue weighted by molar-refractivity contribution is -0.134. The van der Waals surface area contributed by atoms with Gasteiger partial charge in [0.15, 0.2) is 0 Å². The molecule has 1 aromatic heterocycles. The van der Waals surface area contributed by atoms with E-state index in [1.54, 1.807) is 29.4 Å². The van der Waals surface area contributed by atoms with Crippen molar-refractivity contribution in [2.75, 3.05) is 50.9 Å². The van der Waals surface area contributed by atoms with Crippen LogP contribution in [0, 0.1) is 23.6 Å². The predicted octanol–water partition coefficient (Wildman–Crippen LogP) is 3.99. The van der Waals surface area contributed by atoms with E-state index in [9.17, 15) is 9.18 Å². The molecule has 2 aliphatic heterocycles. The Morgan fingerprint density at radius 2 is 1.89 bits per heavy atom. The molecular weight excluding hydrogens is 471 g/mol. The standard InChI is InChI=1S/C26H32ClFN4O3/c27-21-16-29-26(30-17-21)32-6-3-18(4-7-32)23-13-19(23)5-10-35-22-2-1-20(24(28)15-22)14-25(33)31-8-11-34-12-9-31/h1-2,15-19,23H,3-14H2/t19-,23?/m1/s1. The third kappa shape index (κ3) is 6.22. The van der Waals surface area contributed by atoms with Gasteiger partial charge >= 0.3 is 0 Å². The van der Waals surface area contributed by atoms with Crippen molar-refractivity contribution < 1.29 is 18.7 Å². The lowest BCUT2D eigenvalue weighted by Gasteiger charge is -2.32. The topological polar surface area (TPSA) is 67.8 Å². The molecule has 1 saturated carbocycles. The molecule has 0 radical (unpaired) electrons. The summed E-state index contributed by atoms with van der Waals surface area (Å²) < 4.78 is 25.7. The van der Waals surface area contributed by atoms with E-state index in [1.807, 2.05) is 0 Å². The number of hydrogen-bond donors (Lipinski definition) is 0. The zero-order valence-electron chi connectivity index (χ0n) is 19.9. The van der Waals surface area contributed by atoms with E-state index in [1.165, 1.54) is 12.5 Å². The summed E-state index contributed by atoms with van der Waals surface area (Å²) in [7, 11) is 0. The molecule has 0 spiro atoms. The van der Waals surface area contributed by atoms with E-state index >= 15 is 0 Å². The lowest BCUT2D eigenvalue weighted by atomic mass is 9.90. The fourth-order valence-corrected chi connectivity index (χ4v) is 5.45. The summed E-state index contributed by atoms with van der Waals surface area (Å²) >= 11 is 5.89. The van der Waals surface area contributed by atoms with Gasteiger partial charge in [0.05, 0.1) is 43.7 Å². The Labute approximate surface area is 210 Å². The average molecular weight is 503 g/mol. The van der Waals surface area contributed by atoms with Crippen LogP contribution >= 0.6 is 11.6 Å².